The molecule has 0 bridgehead atoms. The Bertz CT molecular complexity index is 922. The third-order valence-electron chi connectivity index (χ3n) is 5.52. The van der Waals surface area contributed by atoms with Gasteiger partial charge >= 0.3 is 0 Å². The molecule has 0 aromatic carbocycles. The van der Waals surface area contributed by atoms with Crippen molar-refractivity contribution in [1.29, 1.82) is 0 Å². The predicted molar refractivity (Wildman–Crippen MR) is 104 cm³/mol. The maximum absolute atomic E-state index is 13.4. The van der Waals surface area contributed by atoms with Gasteiger partial charge in [-0.3, -0.25) is 9.59 Å². The molecule has 0 radical (unpaired) electrons. The summed E-state index contributed by atoms with van der Waals surface area (Å²) in [7, 11) is 0. The maximum Gasteiger partial charge on any atom is 0.255 e. The lowest BCUT2D eigenvalue weighted by Gasteiger charge is -2.31. The van der Waals surface area contributed by atoms with Gasteiger partial charge in [0, 0.05) is 38.2 Å². The van der Waals surface area contributed by atoms with E-state index in [-0.39, 0.29) is 24.0 Å². The van der Waals surface area contributed by atoms with E-state index < -0.39 is 6.17 Å². The Balaban J connectivity index is 1.42. The summed E-state index contributed by atoms with van der Waals surface area (Å²) in [5.74, 6) is -0.0311. The highest BCUT2D eigenvalue weighted by Crippen LogP contribution is 2.24. The molecular formula is C20H24FN5O3. The molecule has 0 spiro atoms. The van der Waals surface area contributed by atoms with E-state index in [9.17, 15) is 14.0 Å². The summed E-state index contributed by atoms with van der Waals surface area (Å²) in [6.45, 7) is 4.70. The Kier molecular flexibility index (Phi) is 5.46. The number of aromatic amines is 1. The number of carbonyl (C=O) groups is 2. The molecule has 2 fully saturated rings. The number of H-pyrrole nitrogens is 1. The van der Waals surface area contributed by atoms with Gasteiger partial charge in [0.1, 0.15) is 17.8 Å². The van der Waals surface area contributed by atoms with E-state index >= 15 is 0 Å². The third kappa shape index (κ3) is 4.23. The average Bonchev–Trinajstić information content (AvgIpc) is 3.33. The summed E-state index contributed by atoms with van der Waals surface area (Å²) in [6.07, 6.45) is 6.31. The predicted octanol–water partition coefficient (Wildman–Crippen LogP) is 2.13. The van der Waals surface area contributed by atoms with E-state index in [1.165, 1.54) is 12.3 Å². The van der Waals surface area contributed by atoms with Crippen LogP contribution in [0.5, 0.6) is 5.88 Å². The number of fused-ring (bicyclic) bond motifs is 1. The summed E-state index contributed by atoms with van der Waals surface area (Å²) >= 11 is 0. The van der Waals surface area contributed by atoms with Gasteiger partial charge in [0.05, 0.1) is 11.8 Å². The van der Waals surface area contributed by atoms with Crippen LogP contribution in [0.2, 0.25) is 0 Å². The number of hydrogen-bond donors (Lipinski definition) is 2. The number of hydrogen-bond acceptors (Lipinski definition) is 5. The Morgan fingerprint density at radius 1 is 1.31 bits per heavy atom. The molecule has 2 aliphatic rings. The number of piperidine rings is 1. The number of carbonyl (C=O) groups excluding carboxylic acids is 2. The van der Waals surface area contributed by atoms with E-state index in [0.29, 0.717) is 67.8 Å². The van der Waals surface area contributed by atoms with Crippen molar-refractivity contribution < 1.29 is 18.7 Å². The third-order valence-corrected chi connectivity index (χ3v) is 5.52. The van der Waals surface area contributed by atoms with E-state index in [2.05, 4.69) is 26.8 Å². The second kappa shape index (κ2) is 8.18. The van der Waals surface area contributed by atoms with Crippen LogP contribution in [0.1, 0.15) is 42.5 Å². The Morgan fingerprint density at radius 2 is 2.10 bits per heavy atom. The summed E-state index contributed by atoms with van der Waals surface area (Å²) in [5.41, 5.74) is 1.28. The van der Waals surface area contributed by atoms with E-state index in [0.717, 1.165) is 0 Å². The molecular weight excluding hydrogens is 377 g/mol. The van der Waals surface area contributed by atoms with E-state index in [1.54, 1.807) is 11.1 Å². The topological polar surface area (TPSA) is 100 Å². The number of likely N-dealkylation sites (tertiary alicyclic amines) is 1. The fraction of sp³-hybridized carbons (Fsp3) is 0.500. The molecule has 29 heavy (non-hydrogen) atoms. The van der Waals surface area contributed by atoms with Crippen LogP contribution in [0.25, 0.3) is 11.2 Å². The first kappa shape index (κ1) is 19.4. The SMILES string of the molecule is C=CC(=O)N1CCC(Oc2cnc3[nH]cc(C(=O)N[C@H]4CC[C@H](F)C4)c3n2)CC1. The van der Waals surface area contributed by atoms with Crippen molar-refractivity contribution in [3.05, 3.63) is 30.6 Å². The van der Waals surface area contributed by atoms with Gasteiger partial charge in [-0.1, -0.05) is 6.58 Å². The van der Waals surface area contributed by atoms with Crippen LogP contribution < -0.4 is 10.1 Å². The van der Waals surface area contributed by atoms with Crippen LogP contribution in [-0.2, 0) is 4.79 Å². The molecule has 2 aromatic heterocycles. The molecule has 2 amide bonds. The molecule has 1 saturated heterocycles. The van der Waals surface area contributed by atoms with Crippen LogP contribution >= 0.6 is 0 Å². The molecule has 9 heteroatoms. The number of nitrogens with one attached hydrogen (secondary N) is 2. The zero-order valence-electron chi connectivity index (χ0n) is 16.1. The molecule has 2 atom stereocenters. The number of aromatic nitrogens is 3. The normalized spacial score (nSPS) is 22.6. The first-order valence-electron chi connectivity index (χ1n) is 9.90. The summed E-state index contributed by atoms with van der Waals surface area (Å²) < 4.78 is 19.3. The zero-order chi connectivity index (χ0) is 20.4. The molecule has 2 aromatic rings. The molecule has 8 nitrogen and oxygen atoms in total. The maximum atomic E-state index is 13.4. The number of amides is 2. The van der Waals surface area contributed by atoms with Crippen molar-refractivity contribution in [2.45, 2.75) is 50.4 Å². The minimum Gasteiger partial charge on any atom is -0.473 e. The number of halogens is 1. The molecule has 2 N–H and O–H groups in total. The highest BCUT2D eigenvalue weighted by atomic mass is 19.1. The highest BCUT2D eigenvalue weighted by Gasteiger charge is 2.27. The van der Waals surface area contributed by atoms with Crippen molar-refractivity contribution >= 4 is 23.0 Å². The largest absolute Gasteiger partial charge is 0.473 e. The van der Waals surface area contributed by atoms with Gasteiger partial charge in [0.15, 0.2) is 5.65 Å². The number of nitrogens with zero attached hydrogens (tertiary/aromatic N) is 3. The Labute approximate surface area is 167 Å². The molecule has 3 heterocycles. The molecule has 4 rings (SSSR count). The fourth-order valence-electron chi connectivity index (χ4n) is 3.92. The van der Waals surface area contributed by atoms with Gasteiger partial charge in [-0.2, -0.15) is 0 Å². The van der Waals surface area contributed by atoms with Crippen LogP contribution in [0.4, 0.5) is 4.39 Å². The van der Waals surface area contributed by atoms with Crippen LogP contribution in [0, 0.1) is 0 Å². The quantitative estimate of drug-likeness (QED) is 0.748. The second-order valence-electron chi connectivity index (χ2n) is 7.54. The second-order valence-corrected chi connectivity index (χ2v) is 7.54. The van der Waals surface area contributed by atoms with Crippen LogP contribution in [0.15, 0.2) is 25.0 Å². The lowest BCUT2D eigenvalue weighted by Crippen LogP contribution is -2.41. The van der Waals surface area contributed by atoms with Crippen LogP contribution in [-0.4, -0.2) is 63.1 Å². The van der Waals surface area contributed by atoms with Gasteiger partial charge in [0.2, 0.25) is 11.8 Å². The summed E-state index contributed by atoms with van der Waals surface area (Å²) in [4.78, 5) is 37.7. The lowest BCUT2D eigenvalue weighted by atomic mass is 10.1. The standard InChI is InChI=1S/C20H24FN5O3/c1-2-17(27)26-7-5-14(6-8-26)29-16-11-23-19-18(25-16)15(10-22-19)20(28)24-13-4-3-12(21)9-13/h2,10-14H,1,3-9H2,(H,22,23)(H,24,28)/t12-,13-/m0/s1. The molecule has 1 saturated carbocycles. The molecule has 154 valence electrons. The van der Waals surface area contributed by atoms with Crippen molar-refractivity contribution in [3.8, 4) is 5.88 Å². The smallest absolute Gasteiger partial charge is 0.255 e. The molecule has 1 aliphatic carbocycles. The summed E-state index contributed by atoms with van der Waals surface area (Å²) in [6, 6.07) is -0.154. The fourth-order valence-corrected chi connectivity index (χ4v) is 3.92. The van der Waals surface area contributed by atoms with Gasteiger partial charge < -0.3 is 19.9 Å². The minimum absolute atomic E-state index is 0.0750. The van der Waals surface area contributed by atoms with Gasteiger partial charge in [-0.05, 0) is 25.3 Å². The average molecular weight is 401 g/mol. The van der Waals surface area contributed by atoms with Crippen molar-refractivity contribution in [1.82, 2.24) is 25.2 Å². The lowest BCUT2D eigenvalue weighted by molar-refractivity contribution is -0.127. The zero-order valence-corrected chi connectivity index (χ0v) is 16.1. The van der Waals surface area contributed by atoms with Crippen molar-refractivity contribution in [2.75, 3.05) is 13.1 Å². The first-order chi connectivity index (χ1) is 14.0. The first-order valence-corrected chi connectivity index (χ1v) is 9.90. The Hall–Kier alpha value is -2.97. The van der Waals surface area contributed by atoms with E-state index in [4.69, 9.17) is 4.74 Å². The number of rotatable bonds is 5. The van der Waals surface area contributed by atoms with E-state index in [1.807, 2.05) is 0 Å². The van der Waals surface area contributed by atoms with Gasteiger partial charge in [-0.15, -0.1) is 0 Å². The van der Waals surface area contributed by atoms with Crippen molar-refractivity contribution in [3.63, 3.8) is 0 Å². The highest BCUT2D eigenvalue weighted by molar-refractivity contribution is 6.04. The Morgan fingerprint density at radius 3 is 2.79 bits per heavy atom. The minimum atomic E-state index is -0.851. The van der Waals surface area contributed by atoms with Crippen LogP contribution in [0.3, 0.4) is 0 Å². The number of alkyl halides is 1. The molecule has 0 unspecified atom stereocenters. The monoisotopic (exact) mass is 401 g/mol. The number of ether oxygens (including phenoxy) is 1. The van der Waals surface area contributed by atoms with Gasteiger partial charge in [0.25, 0.3) is 5.91 Å². The summed E-state index contributed by atoms with van der Waals surface area (Å²) in [5, 5.41) is 2.87. The van der Waals surface area contributed by atoms with Crippen molar-refractivity contribution in [2.24, 2.45) is 0 Å². The molecule has 1 aliphatic heterocycles. The van der Waals surface area contributed by atoms with Gasteiger partial charge in [-0.25, -0.2) is 14.4 Å².